The van der Waals surface area contributed by atoms with Crippen molar-refractivity contribution in [3.05, 3.63) is 53.2 Å². The number of urea groups is 1. The fourth-order valence-corrected chi connectivity index (χ4v) is 5.64. The molecule has 2 aliphatic heterocycles. The lowest BCUT2D eigenvalue weighted by molar-refractivity contribution is -0.120. The van der Waals surface area contributed by atoms with Gasteiger partial charge in [-0.25, -0.2) is 9.78 Å². The average molecular weight is 460 g/mol. The highest BCUT2D eigenvalue weighted by Crippen LogP contribution is 2.46. The number of aromatic nitrogens is 1. The van der Waals surface area contributed by atoms with Crippen LogP contribution in [0.3, 0.4) is 0 Å². The number of rotatable bonds is 5. The Balaban J connectivity index is 1.14. The molecule has 2 aliphatic carbocycles. The van der Waals surface area contributed by atoms with Gasteiger partial charge in [0, 0.05) is 37.1 Å². The molecular weight excluding hydrogens is 430 g/mol. The summed E-state index contributed by atoms with van der Waals surface area (Å²) in [5, 5.41) is 5.90. The highest BCUT2D eigenvalue weighted by atomic mass is 16.2. The number of carbonyl (C=O) groups excluding carboxylic acids is 3. The second kappa shape index (κ2) is 8.11. The van der Waals surface area contributed by atoms with Crippen molar-refractivity contribution in [3.8, 4) is 0 Å². The molecule has 176 valence electrons. The zero-order valence-corrected chi connectivity index (χ0v) is 19.2. The molecule has 8 nitrogen and oxygen atoms in total. The van der Waals surface area contributed by atoms with Crippen LogP contribution in [0.1, 0.15) is 42.4 Å². The Kier molecular flexibility index (Phi) is 5.04. The minimum Gasteiger partial charge on any atom is -0.325 e. The number of fused-ring (bicyclic) bond motifs is 3. The predicted molar refractivity (Wildman–Crippen MR) is 128 cm³/mol. The maximum atomic E-state index is 13.0. The molecule has 1 saturated heterocycles. The van der Waals surface area contributed by atoms with Crippen LogP contribution >= 0.6 is 0 Å². The van der Waals surface area contributed by atoms with Gasteiger partial charge in [-0.2, -0.15) is 0 Å². The molecule has 1 aromatic carbocycles. The van der Waals surface area contributed by atoms with Gasteiger partial charge in [-0.05, 0) is 73.8 Å². The van der Waals surface area contributed by atoms with Crippen LogP contribution in [-0.4, -0.2) is 58.8 Å². The maximum Gasteiger partial charge on any atom is 0.320 e. The van der Waals surface area contributed by atoms with Crippen LogP contribution in [0.4, 0.5) is 16.3 Å². The largest absolute Gasteiger partial charge is 0.325 e. The second-order valence-electron chi connectivity index (χ2n) is 10.1. The van der Waals surface area contributed by atoms with Gasteiger partial charge in [0.15, 0.2) is 0 Å². The summed E-state index contributed by atoms with van der Waals surface area (Å²) in [6, 6.07) is 9.67. The van der Waals surface area contributed by atoms with Crippen LogP contribution in [-0.2, 0) is 27.8 Å². The molecule has 3 heterocycles. The lowest BCUT2D eigenvalue weighted by Crippen LogP contribution is -2.45. The zero-order chi connectivity index (χ0) is 23.3. The fraction of sp³-hybridized carbons (Fsp3) is 0.462. The third-order valence-corrected chi connectivity index (χ3v) is 7.62. The van der Waals surface area contributed by atoms with Crippen molar-refractivity contribution in [2.75, 3.05) is 36.8 Å². The molecule has 1 saturated carbocycles. The van der Waals surface area contributed by atoms with Gasteiger partial charge in [0.25, 0.3) is 0 Å². The standard InChI is InChI=1S/C26H29N5O3/c32-22(16-31-11-2-1-10-30(25(31)34)15-17-5-6-17)28-20-8-7-18-13-26(14-19(18)12-20)21-4-3-9-27-23(21)29-24(26)33/h3-4,7-9,12,17H,1-2,5-6,10-11,13-16H2,(H,28,32)(H,27,29,33). The Morgan fingerprint density at radius 1 is 1.09 bits per heavy atom. The summed E-state index contributed by atoms with van der Waals surface area (Å²) in [6.07, 6.45) is 7.20. The zero-order valence-electron chi connectivity index (χ0n) is 19.2. The summed E-state index contributed by atoms with van der Waals surface area (Å²) in [5.74, 6) is 1.07. The first kappa shape index (κ1) is 21.1. The van der Waals surface area contributed by atoms with Gasteiger partial charge in [-0.1, -0.05) is 12.1 Å². The van der Waals surface area contributed by atoms with Crippen LogP contribution in [0.5, 0.6) is 0 Å². The smallest absolute Gasteiger partial charge is 0.320 e. The third-order valence-electron chi connectivity index (χ3n) is 7.62. The minimum atomic E-state index is -0.627. The lowest BCUT2D eigenvalue weighted by Gasteiger charge is -2.27. The number of carbonyl (C=O) groups is 3. The average Bonchev–Trinajstić information content (AvgIpc) is 3.53. The number of pyridine rings is 1. The van der Waals surface area contributed by atoms with Crippen molar-refractivity contribution >= 4 is 29.4 Å². The summed E-state index contributed by atoms with van der Waals surface area (Å²) in [6.45, 7) is 2.27. The van der Waals surface area contributed by atoms with E-state index in [4.69, 9.17) is 0 Å². The van der Waals surface area contributed by atoms with E-state index >= 15 is 0 Å². The number of nitrogens with one attached hydrogen (secondary N) is 2. The van der Waals surface area contributed by atoms with E-state index in [1.165, 1.54) is 12.8 Å². The third kappa shape index (κ3) is 3.71. The van der Waals surface area contributed by atoms with Crippen LogP contribution in [0.2, 0.25) is 0 Å². The van der Waals surface area contributed by atoms with E-state index in [-0.39, 0.29) is 24.4 Å². The first-order valence-electron chi connectivity index (χ1n) is 12.2. The van der Waals surface area contributed by atoms with Crippen molar-refractivity contribution in [1.82, 2.24) is 14.8 Å². The van der Waals surface area contributed by atoms with Gasteiger partial charge >= 0.3 is 6.03 Å². The normalized spacial score (nSPS) is 23.5. The Morgan fingerprint density at radius 3 is 2.71 bits per heavy atom. The summed E-state index contributed by atoms with van der Waals surface area (Å²) < 4.78 is 0. The van der Waals surface area contributed by atoms with E-state index in [1.54, 1.807) is 11.1 Å². The van der Waals surface area contributed by atoms with E-state index < -0.39 is 5.41 Å². The number of amides is 4. The van der Waals surface area contributed by atoms with Gasteiger partial charge < -0.3 is 20.4 Å². The molecule has 1 spiro atoms. The summed E-state index contributed by atoms with van der Waals surface area (Å²) in [4.78, 5) is 46.6. The van der Waals surface area contributed by atoms with Gasteiger partial charge in [-0.15, -0.1) is 0 Å². The molecule has 2 N–H and O–H groups in total. The summed E-state index contributed by atoms with van der Waals surface area (Å²) in [5.41, 5.74) is 3.19. The van der Waals surface area contributed by atoms with E-state index in [2.05, 4.69) is 15.6 Å². The monoisotopic (exact) mass is 459 g/mol. The number of benzene rings is 1. The topological polar surface area (TPSA) is 94.6 Å². The molecule has 8 heteroatoms. The number of nitrogens with zero attached hydrogens (tertiary/aromatic N) is 3. The first-order valence-corrected chi connectivity index (χ1v) is 12.2. The molecule has 4 amide bonds. The van der Waals surface area contributed by atoms with Crippen LogP contribution in [0.25, 0.3) is 0 Å². The lowest BCUT2D eigenvalue weighted by atomic mass is 9.79. The summed E-state index contributed by atoms with van der Waals surface area (Å²) >= 11 is 0. The molecule has 1 atom stereocenters. The highest BCUT2D eigenvalue weighted by Gasteiger charge is 2.51. The summed E-state index contributed by atoms with van der Waals surface area (Å²) in [7, 11) is 0. The van der Waals surface area contributed by atoms with Crippen LogP contribution in [0, 0.1) is 5.92 Å². The van der Waals surface area contributed by atoms with E-state index in [1.807, 2.05) is 35.2 Å². The molecule has 2 fully saturated rings. The molecule has 1 aromatic heterocycles. The van der Waals surface area contributed by atoms with Gasteiger partial charge in [-0.3, -0.25) is 9.59 Å². The minimum absolute atomic E-state index is 0.0154. The Morgan fingerprint density at radius 2 is 1.88 bits per heavy atom. The fourth-order valence-electron chi connectivity index (χ4n) is 5.64. The molecule has 0 radical (unpaired) electrons. The van der Waals surface area contributed by atoms with E-state index in [0.29, 0.717) is 36.8 Å². The van der Waals surface area contributed by atoms with Crippen molar-refractivity contribution in [3.63, 3.8) is 0 Å². The molecule has 34 heavy (non-hydrogen) atoms. The second-order valence-corrected chi connectivity index (χ2v) is 10.1. The Labute approximate surface area is 198 Å². The molecule has 6 rings (SSSR count). The van der Waals surface area contributed by atoms with Crippen molar-refractivity contribution in [2.24, 2.45) is 5.92 Å². The maximum absolute atomic E-state index is 13.0. The number of hydrogen-bond donors (Lipinski definition) is 2. The molecule has 4 aliphatic rings. The molecular formula is C26H29N5O3. The number of hydrogen-bond acceptors (Lipinski definition) is 4. The first-order chi connectivity index (χ1) is 16.5. The van der Waals surface area contributed by atoms with Gasteiger partial charge in [0.05, 0.1) is 5.41 Å². The highest BCUT2D eigenvalue weighted by molar-refractivity contribution is 6.06. The SMILES string of the molecule is O=C(CN1CCCCN(CC2CC2)C1=O)Nc1ccc2c(c1)CC1(C2)C(=O)Nc2ncccc21. The van der Waals surface area contributed by atoms with Gasteiger partial charge in [0.1, 0.15) is 12.4 Å². The number of anilines is 2. The van der Waals surface area contributed by atoms with Crippen LogP contribution in [0.15, 0.2) is 36.5 Å². The van der Waals surface area contributed by atoms with Crippen molar-refractivity contribution in [1.29, 1.82) is 0 Å². The molecule has 0 bridgehead atoms. The van der Waals surface area contributed by atoms with Crippen molar-refractivity contribution in [2.45, 2.75) is 43.9 Å². The molecule has 1 unspecified atom stereocenters. The van der Waals surface area contributed by atoms with E-state index in [9.17, 15) is 14.4 Å². The Bertz CT molecular complexity index is 1180. The quantitative estimate of drug-likeness (QED) is 0.719. The van der Waals surface area contributed by atoms with Crippen molar-refractivity contribution < 1.29 is 14.4 Å². The van der Waals surface area contributed by atoms with E-state index in [0.717, 1.165) is 42.6 Å². The molecule has 2 aromatic rings. The Hall–Kier alpha value is -3.42. The van der Waals surface area contributed by atoms with Crippen LogP contribution < -0.4 is 10.6 Å². The predicted octanol–water partition coefficient (Wildman–Crippen LogP) is 2.94. The van der Waals surface area contributed by atoms with Gasteiger partial charge in [0.2, 0.25) is 11.8 Å².